The molecule has 0 spiro atoms. The van der Waals surface area contributed by atoms with Gasteiger partial charge < -0.3 is 0 Å². The maximum atomic E-state index is 13.4. The standard InChI is InChI=1S/C10H10BrFN4/c1-2-3-10-13-14-15-16(10)7-4-5-8(11)9(12)6-7/h4-6H,2-3H2,1H3. The first-order valence-corrected chi connectivity index (χ1v) is 5.74. The lowest BCUT2D eigenvalue weighted by Gasteiger charge is -2.04. The molecule has 0 N–H and O–H groups in total. The van der Waals surface area contributed by atoms with Crippen LogP contribution >= 0.6 is 15.9 Å². The second kappa shape index (κ2) is 4.69. The molecule has 0 atom stereocenters. The van der Waals surface area contributed by atoms with Crippen molar-refractivity contribution in [3.05, 3.63) is 34.3 Å². The number of benzene rings is 1. The molecular weight excluding hydrogens is 275 g/mol. The number of nitrogens with zero attached hydrogens (tertiary/aromatic N) is 4. The van der Waals surface area contributed by atoms with Crippen LogP contribution in [0, 0.1) is 5.82 Å². The van der Waals surface area contributed by atoms with Crippen LogP contribution in [0.1, 0.15) is 19.2 Å². The van der Waals surface area contributed by atoms with Crippen LogP contribution in [0.15, 0.2) is 22.7 Å². The number of hydrogen-bond acceptors (Lipinski definition) is 3. The summed E-state index contributed by atoms with van der Waals surface area (Å²) in [6.07, 6.45) is 1.71. The van der Waals surface area contributed by atoms with E-state index in [1.807, 2.05) is 6.92 Å². The molecule has 0 aliphatic heterocycles. The molecule has 1 aromatic carbocycles. The predicted octanol–water partition coefficient (Wildman–Crippen LogP) is 2.52. The molecule has 2 rings (SSSR count). The topological polar surface area (TPSA) is 43.6 Å². The minimum absolute atomic E-state index is 0.324. The van der Waals surface area contributed by atoms with Crippen LogP contribution in [0.3, 0.4) is 0 Å². The van der Waals surface area contributed by atoms with E-state index in [2.05, 4.69) is 31.5 Å². The lowest BCUT2D eigenvalue weighted by molar-refractivity contribution is 0.617. The van der Waals surface area contributed by atoms with Gasteiger partial charge in [-0.1, -0.05) is 6.92 Å². The van der Waals surface area contributed by atoms with Gasteiger partial charge in [-0.25, -0.2) is 4.39 Å². The van der Waals surface area contributed by atoms with Crippen LogP contribution in [0.5, 0.6) is 0 Å². The summed E-state index contributed by atoms with van der Waals surface area (Å²) < 4.78 is 15.3. The average Bonchev–Trinajstić information content (AvgIpc) is 2.71. The molecule has 0 radical (unpaired) electrons. The molecule has 4 nitrogen and oxygen atoms in total. The van der Waals surface area contributed by atoms with Crippen LogP contribution in [0.4, 0.5) is 4.39 Å². The number of aryl methyl sites for hydroxylation is 1. The van der Waals surface area contributed by atoms with E-state index in [1.54, 1.807) is 16.8 Å². The van der Waals surface area contributed by atoms with Gasteiger partial charge in [0.15, 0.2) is 5.82 Å². The Morgan fingerprint density at radius 3 is 2.94 bits per heavy atom. The van der Waals surface area contributed by atoms with Gasteiger partial charge >= 0.3 is 0 Å². The lowest BCUT2D eigenvalue weighted by Crippen LogP contribution is -2.03. The maximum absolute atomic E-state index is 13.4. The fourth-order valence-electron chi connectivity index (χ4n) is 1.40. The van der Waals surface area contributed by atoms with Gasteiger partial charge in [-0.2, -0.15) is 4.68 Å². The van der Waals surface area contributed by atoms with E-state index in [4.69, 9.17) is 0 Å². The summed E-state index contributed by atoms with van der Waals surface area (Å²) in [4.78, 5) is 0. The quantitative estimate of drug-likeness (QED) is 0.870. The van der Waals surface area contributed by atoms with Gasteiger partial charge in [0.1, 0.15) is 5.82 Å². The van der Waals surface area contributed by atoms with E-state index >= 15 is 0 Å². The molecule has 6 heteroatoms. The van der Waals surface area contributed by atoms with Crippen molar-refractivity contribution in [2.24, 2.45) is 0 Å². The Morgan fingerprint density at radius 1 is 1.44 bits per heavy atom. The molecule has 2 aromatic rings. The van der Waals surface area contributed by atoms with E-state index in [9.17, 15) is 4.39 Å². The Bertz CT molecular complexity index is 497. The molecule has 0 unspecified atom stereocenters. The zero-order valence-corrected chi connectivity index (χ0v) is 10.3. The molecule has 0 saturated carbocycles. The van der Waals surface area contributed by atoms with Crippen LogP contribution in [0.25, 0.3) is 5.69 Å². The van der Waals surface area contributed by atoms with Crippen molar-refractivity contribution in [3.63, 3.8) is 0 Å². The number of aromatic nitrogens is 4. The molecule has 0 amide bonds. The Kier molecular flexibility index (Phi) is 3.28. The molecule has 84 valence electrons. The molecule has 0 saturated heterocycles. The monoisotopic (exact) mass is 284 g/mol. The number of tetrazole rings is 1. The highest BCUT2D eigenvalue weighted by Gasteiger charge is 2.09. The van der Waals surface area contributed by atoms with Gasteiger partial charge in [0, 0.05) is 12.5 Å². The van der Waals surface area contributed by atoms with Crippen molar-refractivity contribution in [1.82, 2.24) is 20.2 Å². The highest BCUT2D eigenvalue weighted by atomic mass is 79.9. The second-order valence-electron chi connectivity index (χ2n) is 3.36. The molecular formula is C10H10BrFN4. The van der Waals surface area contributed by atoms with Gasteiger partial charge in [0.05, 0.1) is 10.2 Å². The fraction of sp³-hybridized carbons (Fsp3) is 0.300. The van der Waals surface area contributed by atoms with E-state index in [0.717, 1.165) is 18.7 Å². The molecule has 1 heterocycles. The summed E-state index contributed by atoms with van der Waals surface area (Å²) in [6, 6.07) is 4.81. The first-order chi connectivity index (χ1) is 7.72. The van der Waals surface area contributed by atoms with Gasteiger partial charge in [-0.05, 0) is 44.9 Å². The van der Waals surface area contributed by atoms with Crippen LogP contribution < -0.4 is 0 Å². The van der Waals surface area contributed by atoms with Gasteiger partial charge in [-0.15, -0.1) is 5.10 Å². The van der Waals surface area contributed by atoms with Crippen LogP contribution in [0.2, 0.25) is 0 Å². The largest absolute Gasteiger partial charge is 0.206 e. The average molecular weight is 285 g/mol. The highest BCUT2D eigenvalue weighted by molar-refractivity contribution is 9.10. The van der Waals surface area contributed by atoms with Gasteiger partial charge in [0.2, 0.25) is 0 Å². The maximum Gasteiger partial charge on any atom is 0.156 e. The van der Waals surface area contributed by atoms with Crippen molar-refractivity contribution in [2.75, 3.05) is 0 Å². The van der Waals surface area contributed by atoms with Crippen molar-refractivity contribution in [3.8, 4) is 5.69 Å². The van der Waals surface area contributed by atoms with Crippen LogP contribution in [-0.2, 0) is 6.42 Å². The van der Waals surface area contributed by atoms with Crippen molar-refractivity contribution in [1.29, 1.82) is 0 Å². The summed E-state index contributed by atoms with van der Waals surface area (Å²) >= 11 is 3.11. The zero-order chi connectivity index (χ0) is 11.5. The molecule has 1 aromatic heterocycles. The molecule has 0 fully saturated rings. The second-order valence-corrected chi connectivity index (χ2v) is 4.21. The van der Waals surface area contributed by atoms with Crippen molar-refractivity contribution >= 4 is 15.9 Å². The Labute approximate surface area is 101 Å². The first kappa shape index (κ1) is 11.2. The minimum Gasteiger partial charge on any atom is -0.206 e. The summed E-state index contributed by atoms with van der Waals surface area (Å²) in [7, 11) is 0. The summed E-state index contributed by atoms with van der Waals surface area (Å²) in [6.45, 7) is 2.04. The fourth-order valence-corrected chi connectivity index (χ4v) is 1.65. The van der Waals surface area contributed by atoms with Crippen molar-refractivity contribution < 1.29 is 4.39 Å². The predicted molar refractivity (Wildman–Crippen MR) is 60.8 cm³/mol. The molecule has 0 aliphatic rings. The highest BCUT2D eigenvalue weighted by Crippen LogP contribution is 2.19. The Balaban J connectivity index is 2.42. The normalized spacial score (nSPS) is 10.7. The molecule has 16 heavy (non-hydrogen) atoms. The number of halogens is 2. The van der Waals surface area contributed by atoms with Gasteiger partial charge in [0.25, 0.3) is 0 Å². The summed E-state index contributed by atoms with van der Waals surface area (Å²) in [5, 5.41) is 11.3. The molecule has 0 bridgehead atoms. The van der Waals surface area contributed by atoms with Crippen LogP contribution in [-0.4, -0.2) is 20.2 Å². The third-order valence-corrected chi connectivity index (χ3v) is 2.80. The third-order valence-electron chi connectivity index (χ3n) is 2.16. The molecule has 0 aliphatic carbocycles. The summed E-state index contributed by atoms with van der Waals surface area (Å²) in [5.41, 5.74) is 0.633. The van der Waals surface area contributed by atoms with Crippen molar-refractivity contribution in [2.45, 2.75) is 19.8 Å². The van der Waals surface area contributed by atoms with E-state index in [0.29, 0.717) is 10.2 Å². The Hall–Kier alpha value is -1.30. The Morgan fingerprint density at radius 2 is 2.25 bits per heavy atom. The zero-order valence-electron chi connectivity index (χ0n) is 8.69. The first-order valence-electron chi connectivity index (χ1n) is 4.95. The van der Waals surface area contributed by atoms with Gasteiger partial charge in [-0.3, -0.25) is 0 Å². The van der Waals surface area contributed by atoms with E-state index in [-0.39, 0.29) is 5.82 Å². The smallest absolute Gasteiger partial charge is 0.156 e. The van der Waals surface area contributed by atoms with E-state index < -0.39 is 0 Å². The number of rotatable bonds is 3. The SMILES string of the molecule is CCCc1nnnn1-c1ccc(Br)c(F)c1. The third kappa shape index (κ3) is 2.11. The lowest BCUT2D eigenvalue weighted by atomic mass is 10.3. The number of hydrogen-bond donors (Lipinski definition) is 0. The van der Waals surface area contributed by atoms with E-state index in [1.165, 1.54) is 6.07 Å². The summed E-state index contributed by atoms with van der Waals surface area (Å²) in [5.74, 6) is 0.416. The minimum atomic E-state index is -0.324.